The van der Waals surface area contributed by atoms with Crippen LogP contribution in [0.2, 0.25) is 0 Å². The highest BCUT2D eigenvalue weighted by molar-refractivity contribution is 6.03. The van der Waals surface area contributed by atoms with Crippen LogP contribution in [0.25, 0.3) is 0 Å². The van der Waals surface area contributed by atoms with Crippen LogP contribution in [0.5, 0.6) is 0 Å². The summed E-state index contributed by atoms with van der Waals surface area (Å²) in [5.41, 5.74) is -0.156. The van der Waals surface area contributed by atoms with Crippen molar-refractivity contribution >= 4 is 18.1 Å². The maximum Gasteiger partial charge on any atom is 0.233 e. The Labute approximate surface area is 120 Å². The van der Waals surface area contributed by atoms with Gasteiger partial charge in [0.1, 0.15) is 6.29 Å². The minimum Gasteiger partial charge on any atom is -0.303 e. The third-order valence-electron chi connectivity index (χ3n) is 4.81. The van der Waals surface area contributed by atoms with Crippen molar-refractivity contribution < 1.29 is 14.4 Å². The molecule has 1 aliphatic carbocycles. The maximum absolute atomic E-state index is 12.4. The predicted octanol–water partition coefficient (Wildman–Crippen LogP) is 2.41. The Morgan fingerprint density at radius 2 is 1.75 bits per heavy atom. The van der Waals surface area contributed by atoms with E-state index in [0.717, 1.165) is 32.0 Å². The fourth-order valence-electron chi connectivity index (χ4n) is 3.32. The average molecular weight is 279 g/mol. The number of imide groups is 1. The number of hydrogen-bond acceptors (Lipinski definition) is 3. The fraction of sp³-hybridized carbons (Fsp3) is 0.812. The van der Waals surface area contributed by atoms with Gasteiger partial charge in [-0.2, -0.15) is 0 Å². The van der Waals surface area contributed by atoms with Crippen molar-refractivity contribution in [3.63, 3.8) is 0 Å². The molecule has 0 aromatic rings. The molecule has 4 heteroatoms. The Kier molecular flexibility index (Phi) is 4.31. The minimum atomic E-state index is -0.179. The van der Waals surface area contributed by atoms with Gasteiger partial charge < -0.3 is 4.79 Å². The normalized spacial score (nSPS) is 31.8. The lowest BCUT2D eigenvalue weighted by molar-refractivity contribution is -0.141. The summed E-state index contributed by atoms with van der Waals surface area (Å²) in [5.74, 6) is 0.352. The number of likely N-dealkylation sites (tertiary alicyclic amines) is 1. The Hall–Kier alpha value is -1.19. The molecule has 1 heterocycles. The van der Waals surface area contributed by atoms with Crippen LogP contribution in [-0.4, -0.2) is 29.5 Å². The van der Waals surface area contributed by atoms with Crippen molar-refractivity contribution in [3.05, 3.63) is 0 Å². The van der Waals surface area contributed by atoms with E-state index in [9.17, 15) is 14.4 Å². The molecule has 0 bridgehead atoms. The van der Waals surface area contributed by atoms with Crippen molar-refractivity contribution in [2.24, 2.45) is 23.2 Å². The zero-order valence-electron chi connectivity index (χ0n) is 12.7. The first kappa shape index (κ1) is 15.2. The predicted molar refractivity (Wildman–Crippen MR) is 75.8 cm³/mol. The van der Waals surface area contributed by atoms with E-state index >= 15 is 0 Å². The Balaban J connectivity index is 1.95. The van der Waals surface area contributed by atoms with Crippen molar-refractivity contribution in [3.8, 4) is 0 Å². The highest BCUT2D eigenvalue weighted by Crippen LogP contribution is 2.37. The summed E-state index contributed by atoms with van der Waals surface area (Å²) in [6, 6.07) is 0. The zero-order chi connectivity index (χ0) is 14.9. The summed E-state index contributed by atoms with van der Waals surface area (Å²) < 4.78 is 0. The highest BCUT2D eigenvalue weighted by atomic mass is 16.2. The summed E-state index contributed by atoms with van der Waals surface area (Å²) in [7, 11) is 0. The van der Waals surface area contributed by atoms with Crippen LogP contribution >= 0.6 is 0 Å². The molecule has 0 aromatic carbocycles. The van der Waals surface area contributed by atoms with E-state index < -0.39 is 0 Å². The molecule has 0 spiro atoms. The Bertz CT molecular complexity index is 402. The van der Waals surface area contributed by atoms with E-state index in [4.69, 9.17) is 0 Å². The third kappa shape index (κ3) is 3.10. The van der Waals surface area contributed by atoms with Gasteiger partial charge in [-0.3, -0.25) is 14.5 Å². The molecule has 0 N–H and O–H groups in total. The molecule has 1 saturated heterocycles. The number of carbonyl (C=O) groups excluding carboxylic acids is 3. The van der Waals surface area contributed by atoms with Gasteiger partial charge in [-0.05, 0) is 37.0 Å². The van der Waals surface area contributed by atoms with Gasteiger partial charge in [0.05, 0.1) is 5.92 Å². The zero-order valence-corrected chi connectivity index (χ0v) is 12.7. The molecule has 20 heavy (non-hydrogen) atoms. The standard InChI is InChI=1S/C16H25NO3/c1-16(2,3)13-8-14(19)17(15(13)20)9-11-4-6-12(10-18)7-5-11/h10-13H,4-9H2,1-3H3. The first-order valence-electron chi connectivity index (χ1n) is 7.62. The number of nitrogens with zero attached hydrogens (tertiary/aromatic N) is 1. The first-order valence-corrected chi connectivity index (χ1v) is 7.62. The molecular formula is C16H25NO3. The van der Waals surface area contributed by atoms with Crippen molar-refractivity contribution in [1.82, 2.24) is 4.90 Å². The molecule has 0 radical (unpaired) electrons. The summed E-state index contributed by atoms with van der Waals surface area (Å²) in [6.45, 7) is 6.60. The molecular weight excluding hydrogens is 254 g/mol. The SMILES string of the molecule is CC(C)(C)C1CC(=O)N(CC2CCC(C=O)CC2)C1=O. The van der Waals surface area contributed by atoms with Crippen LogP contribution in [0.3, 0.4) is 0 Å². The lowest BCUT2D eigenvalue weighted by Crippen LogP contribution is -2.38. The highest BCUT2D eigenvalue weighted by Gasteiger charge is 2.45. The molecule has 2 aliphatic rings. The summed E-state index contributed by atoms with van der Waals surface area (Å²) in [4.78, 5) is 36.7. The Morgan fingerprint density at radius 3 is 2.20 bits per heavy atom. The monoisotopic (exact) mass is 279 g/mol. The lowest BCUT2D eigenvalue weighted by Gasteiger charge is -2.29. The third-order valence-corrected chi connectivity index (χ3v) is 4.81. The van der Waals surface area contributed by atoms with Crippen LogP contribution in [0.1, 0.15) is 52.9 Å². The van der Waals surface area contributed by atoms with Crippen LogP contribution in [0.15, 0.2) is 0 Å². The van der Waals surface area contributed by atoms with Gasteiger partial charge in [-0.15, -0.1) is 0 Å². The van der Waals surface area contributed by atoms with Crippen molar-refractivity contribution in [2.75, 3.05) is 6.54 Å². The fourth-order valence-corrected chi connectivity index (χ4v) is 3.32. The molecule has 4 nitrogen and oxygen atoms in total. The minimum absolute atomic E-state index is 0.0000100. The molecule has 1 atom stereocenters. The number of hydrogen-bond donors (Lipinski definition) is 0. The second-order valence-corrected chi connectivity index (χ2v) is 7.38. The van der Waals surface area contributed by atoms with E-state index in [1.165, 1.54) is 4.90 Å². The number of aldehydes is 1. The molecule has 0 aromatic heterocycles. The summed E-state index contributed by atoms with van der Waals surface area (Å²) in [6.07, 6.45) is 5.07. The van der Waals surface area contributed by atoms with Gasteiger partial charge in [0.25, 0.3) is 0 Å². The molecule has 2 fully saturated rings. The molecule has 1 aliphatic heterocycles. The first-order chi connectivity index (χ1) is 9.32. The second kappa shape index (κ2) is 5.66. The Morgan fingerprint density at radius 1 is 1.15 bits per heavy atom. The summed E-state index contributed by atoms with van der Waals surface area (Å²) in [5, 5.41) is 0. The van der Waals surface area contributed by atoms with Crippen molar-refractivity contribution in [2.45, 2.75) is 52.9 Å². The van der Waals surface area contributed by atoms with Gasteiger partial charge >= 0.3 is 0 Å². The van der Waals surface area contributed by atoms with E-state index in [0.29, 0.717) is 18.9 Å². The number of rotatable bonds is 3. The van der Waals surface area contributed by atoms with E-state index in [-0.39, 0.29) is 29.1 Å². The van der Waals surface area contributed by atoms with Crippen LogP contribution < -0.4 is 0 Å². The van der Waals surface area contributed by atoms with Crippen LogP contribution in [-0.2, 0) is 14.4 Å². The maximum atomic E-state index is 12.4. The smallest absolute Gasteiger partial charge is 0.233 e. The average Bonchev–Trinajstić information content (AvgIpc) is 2.67. The quantitative estimate of drug-likeness (QED) is 0.589. The molecule has 2 amide bonds. The van der Waals surface area contributed by atoms with E-state index in [1.54, 1.807) is 0 Å². The lowest BCUT2D eigenvalue weighted by atomic mass is 9.79. The van der Waals surface area contributed by atoms with Gasteiger partial charge in [-0.25, -0.2) is 0 Å². The van der Waals surface area contributed by atoms with E-state index in [1.807, 2.05) is 20.8 Å². The molecule has 1 saturated carbocycles. The largest absolute Gasteiger partial charge is 0.303 e. The number of amides is 2. The van der Waals surface area contributed by atoms with Gasteiger partial charge in [-0.1, -0.05) is 20.8 Å². The number of carbonyl (C=O) groups is 3. The molecule has 112 valence electrons. The van der Waals surface area contributed by atoms with E-state index in [2.05, 4.69) is 0 Å². The molecule has 1 unspecified atom stereocenters. The van der Waals surface area contributed by atoms with Crippen molar-refractivity contribution in [1.29, 1.82) is 0 Å². The van der Waals surface area contributed by atoms with Crippen LogP contribution in [0, 0.1) is 23.2 Å². The van der Waals surface area contributed by atoms with Crippen LogP contribution in [0.4, 0.5) is 0 Å². The second-order valence-electron chi connectivity index (χ2n) is 7.38. The topological polar surface area (TPSA) is 54.5 Å². The summed E-state index contributed by atoms with van der Waals surface area (Å²) >= 11 is 0. The van der Waals surface area contributed by atoms with Gasteiger partial charge in [0.2, 0.25) is 11.8 Å². The van der Waals surface area contributed by atoms with Gasteiger partial charge in [0, 0.05) is 18.9 Å². The molecule has 2 rings (SSSR count). The van der Waals surface area contributed by atoms with Gasteiger partial charge in [0.15, 0.2) is 0 Å².